The van der Waals surface area contributed by atoms with Crippen molar-refractivity contribution < 1.29 is 19.4 Å². The summed E-state index contributed by atoms with van der Waals surface area (Å²) in [4.78, 5) is 29.6. The van der Waals surface area contributed by atoms with E-state index in [1.54, 1.807) is 54.6 Å². The SMILES string of the molecule is COC(=O)[C@@]1(C#N)[C@@H](c2ccc(Cl)c(Cl)c2)C[C@](O)(c2ccc3ccccc3c2)[C@H](C(=O)c2ccc3ccccc3c2)[C@@H]1c1ccccc1. The molecule has 5 atom stereocenters. The third-order valence-electron chi connectivity index (χ3n) is 10.2. The average molecular weight is 685 g/mol. The number of benzene rings is 6. The van der Waals surface area contributed by atoms with Gasteiger partial charge in [0.2, 0.25) is 0 Å². The van der Waals surface area contributed by atoms with Crippen LogP contribution in [-0.2, 0) is 15.1 Å². The Morgan fingerprint density at radius 1 is 0.735 bits per heavy atom. The van der Waals surface area contributed by atoms with E-state index >= 15 is 4.79 Å². The van der Waals surface area contributed by atoms with E-state index in [-0.39, 0.29) is 11.4 Å². The van der Waals surface area contributed by atoms with Gasteiger partial charge in [0, 0.05) is 17.4 Å². The molecule has 242 valence electrons. The molecule has 0 radical (unpaired) electrons. The highest BCUT2D eigenvalue weighted by molar-refractivity contribution is 6.42. The second kappa shape index (κ2) is 12.8. The van der Waals surface area contributed by atoms with Crippen LogP contribution in [0.4, 0.5) is 0 Å². The van der Waals surface area contributed by atoms with Crippen LogP contribution in [0.25, 0.3) is 21.5 Å². The van der Waals surface area contributed by atoms with E-state index in [4.69, 9.17) is 27.9 Å². The first-order valence-electron chi connectivity index (χ1n) is 16.0. The Bertz CT molecular complexity index is 2280. The first-order valence-corrected chi connectivity index (χ1v) is 16.7. The van der Waals surface area contributed by atoms with Crippen molar-refractivity contribution in [2.45, 2.75) is 23.9 Å². The number of carbonyl (C=O) groups is 2. The average Bonchev–Trinajstić information content (AvgIpc) is 3.14. The van der Waals surface area contributed by atoms with Crippen LogP contribution in [0.3, 0.4) is 0 Å². The summed E-state index contributed by atoms with van der Waals surface area (Å²) in [6.45, 7) is 0. The van der Waals surface area contributed by atoms with Gasteiger partial charge >= 0.3 is 5.97 Å². The zero-order valence-corrected chi connectivity index (χ0v) is 28.0. The predicted octanol–water partition coefficient (Wildman–Crippen LogP) is 9.64. The van der Waals surface area contributed by atoms with Gasteiger partial charge in [-0.3, -0.25) is 9.59 Å². The van der Waals surface area contributed by atoms with E-state index in [9.17, 15) is 15.2 Å². The van der Waals surface area contributed by atoms with Crippen LogP contribution in [0.5, 0.6) is 0 Å². The van der Waals surface area contributed by atoms with Crippen LogP contribution in [0, 0.1) is 22.7 Å². The monoisotopic (exact) mass is 683 g/mol. The third-order valence-corrected chi connectivity index (χ3v) is 10.9. The van der Waals surface area contributed by atoms with Gasteiger partial charge in [-0.15, -0.1) is 0 Å². The fraction of sp³-hybridized carbons (Fsp3) is 0.167. The van der Waals surface area contributed by atoms with E-state index in [1.165, 1.54) is 7.11 Å². The first kappa shape index (κ1) is 32.6. The number of hydrogen-bond donors (Lipinski definition) is 1. The molecule has 6 aromatic rings. The third kappa shape index (κ3) is 5.37. The van der Waals surface area contributed by atoms with E-state index in [0.717, 1.165) is 21.5 Å². The summed E-state index contributed by atoms with van der Waals surface area (Å²) in [5, 5.41) is 28.9. The molecule has 49 heavy (non-hydrogen) atoms. The van der Waals surface area contributed by atoms with E-state index in [2.05, 4.69) is 6.07 Å². The minimum Gasteiger partial charge on any atom is -0.468 e. The highest BCUT2D eigenvalue weighted by Crippen LogP contribution is 2.64. The van der Waals surface area contributed by atoms with Crippen LogP contribution in [0.15, 0.2) is 133 Å². The molecule has 0 saturated heterocycles. The topological polar surface area (TPSA) is 87.4 Å². The standard InChI is InChI=1S/C42H31Cl2NO4/c1-49-40(47)41(25-45)34(31-18-20-35(43)36(44)23-31)24-42(48,33-19-17-27-10-6-8-14-30(27)22-33)38(37(41)28-11-3-2-4-12-28)39(46)32-16-15-26-9-5-7-13-29(26)21-32/h2-23,34,37-38,48H,24H2,1H3/t34-,37+,38+,41+,42+/m1/s1. The Kier molecular flexibility index (Phi) is 8.50. The molecule has 5 nitrogen and oxygen atoms in total. The van der Waals surface area contributed by atoms with Gasteiger partial charge in [-0.1, -0.05) is 132 Å². The minimum absolute atomic E-state index is 0.167. The number of fused-ring (bicyclic) bond motifs is 2. The fourth-order valence-electron chi connectivity index (χ4n) is 7.86. The molecule has 1 fully saturated rings. The number of methoxy groups -OCH3 is 1. The second-order valence-corrected chi connectivity index (χ2v) is 13.5. The van der Waals surface area contributed by atoms with Crippen molar-refractivity contribution in [2.24, 2.45) is 11.3 Å². The molecule has 1 aliphatic carbocycles. The number of nitrogens with zero attached hydrogens (tertiary/aromatic N) is 1. The molecule has 7 rings (SSSR count). The molecule has 0 heterocycles. The lowest BCUT2D eigenvalue weighted by atomic mass is 9.47. The maximum atomic E-state index is 15.3. The van der Waals surface area contributed by atoms with Crippen molar-refractivity contribution in [2.75, 3.05) is 7.11 Å². The summed E-state index contributed by atoms with van der Waals surface area (Å²) < 4.78 is 5.45. The van der Waals surface area contributed by atoms with Gasteiger partial charge in [-0.05, 0) is 68.9 Å². The van der Waals surface area contributed by atoms with Gasteiger partial charge in [0.25, 0.3) is 0 Å². The molecule has 0 aromatic heterocycles. The zero-order valence-electron chi connectivity index (χ0n) is 26.5. The van der Waals surface area contributed by atoms with E-state index in [0.29, 0.717) is 27.3 Å². The normalized spacial score (nSPS) is 23.5. The molecular weight excluding hydrogens is 653 g/mol. The smallest absolute Gasteiger partial charge is 0.327 e. The molecule has 1 saturated carbocycles. The highest BCUT2D eigenvalue weighted by atomic mass is 35.5. The largest absolute Gasteiger partial charge is 0.468 e. The molecule has 7 heteroatoms. The maximum Gasteiger partial charge on any atom is 0.327 e. The van der Waals surface area contributed by atoms with Crippen LogP contribution in [-0.4, -0.2) is 24.0 Å². The highest BCUT2D eigenvalue weighted by Gasteiger charge is 2.67. The maximum absolute atomic E-state index is 15.3. The molecule has 0 unspecified atom stereocenters. The van der Waals surface area contributed by atoms with Crippen LogP contribution < -0.4 is 0 Å². The number of nitriles is 1. The first-order chi connectivity index (χ1) is 23.7. The molecule has 0 aliphatic heterocycles. The molecule has 1 N–H and O–H groups in total. The Labute approximate surface area is 294 Å². The lowest BCUT2D eigenvalue weighted by Crippen LogP contribution is -2.59. The summed E-state index contributed by atoms with van der Waals surface area (Å²) in [6, 6.07) is 42.8. The molecule has 0 amide bonds. The van der Waals surface area contributed by atoms with Gasteiger partial charge < -0.3 is 9.84 Å². The van der Waals surface area contributed by atoms with Gasteiger partial charge in [0.15, 0.2) is 11.2 Å². The Morgan fingerprint density at radius 3 is 1.98 bits per heavy atom. The number of aliphatic hydroxyl groups is 1. The number of carbonyl (C=O) groups excluding carboxylic acids is 2. The summed E-state index contributed by atoms with van der Waals surface area (Å²) in [6.07, 6.45) is -0.167. The van der Waals surface area contributed by atoms with Crippen molar-refractivity contribution >= 4 is 56.5 Å². The lowest BCUT2D eigenvalue weighted by molar-refractivity contribution is -0.162. The summed E-state index contributed by atoms with van der Waals surface area (Å²) in [5.41, 5.74) is -1.94. The second-order valence-electron chi connectivity index (χ2n) is 12.7. The molecule has 0 bridgehead atoms. The summed E-state index contributed by atoms with van der Waals surface area (Å²) in [7, 11) is 1.24. The van der Waals surface area contributed by atoms with Crippen LogP contribution in [0.1, 0.15) is 45.3 Å². The Hall–Kier alpha value is -4.99. The van der Waals surface area contributed by atoms with Gasteiger partial charge in [-0.25, -0.2) is 0 Å². The number of esters is 1. The zero-order chi connectivity index (χ0) is 34.3. The van der Waals surface area contributed by atoms with Crippen molar-refractivity contribution in [1.82, 2.24) is 0 Å². The number of hydrogen-bond acceptors (Lipinski definition) is 5. The van der Waals surface area contributed by atoms with E-state index < -0.39 is 40.5 Å². The van der Waals surface area contributed by atoms with Gasteiger partial charge in [-0.2, -0.15) is 5.26 Å². The number of rotatable bonds is 6. The van der Waals surface area contributed by atoms with Crippen molar-refractivity contribution in [1.29, 1.82) is 5.26 Å². The molecular formula is C42H31Cl2NO4. The number of Topliss-reactive ketones (excluding diaryl/α,β-unsaturated/α-hetero) is 1. The molecule has 6 aromatic carbocycles. The molecule has 0 spiro atoms. The minimum atomic E-state index is -1.96. The van der Waals surface area contributed by atoms with Crippen molar-refractivity contribution in [3.05, 3.63) is 166 Å². The number of ketones is 1. The predicted molar refractivity (Wildman–Crippen MR) is 193 cm³/mol. The van der Waals surface area contributed by atoms with Gasteiger partial charge in [0.05, 0.1) is 29.1 Å². The fourth-order valence-corrected chi connectivity index (χ4v) is 8.16. The number of ether oxygens (including phenoxy) is 1. The van der Waals surface area contributed by atoms with E-state index in [1.807, 2.05) is 78.9 Å². The van der Waals surface area contributed by atoms with Gasteiger partial charge in [0.1, 0.15) is 5.60 Å². The molecule has 1 aliphatic rings. The van der Waals surface area contributed by atoms with Crippen molar-refractivity contribution in [3.63, 3.8) is 0 Å². The quantitative estimate of drug-likeness (QED) is 0.140. The van der Waals surface area contributed by atoms with Crippen molar-refractivity contribution in [3.8, 4) is 6.07 Å². The Morgan fingerprint density at radius 2 is 1.35 bits per heavy atom. The number of halogens is 2. The summed E-state index contributed by atoms with van der Waals surface area (Å²) in [5.74, 6) is -4.63. The summed E-state index contributed by atoms with van der Waals surface area (Å²) >= 11 is 12.9. The van der Waals surface area contributed by atoms with Crippen LogP contribution >= 0.6 is 23.2 Å². The Balaban J connectivity index is 1.57. The lowest BCUT2D eigenvalue weighted by Gasteiger charge is -2.54. The van der Waals surface area contributed by atoms with Crippen LogP contribution in [0.2, 0.25) is 10.0 Å².